The molecule has 26 heavy (non-hydrogen) atoms. The van der Waals surface area contributed by atoms with Crippen LogP contribution >= 0.6 is 0 Å². The Morgan fingerprint density at radius 3 is 1.35 bits per heavy atom. The van der Waals surface area contributed by atoms with Gasteiger partial charge in [-0.05, 0) is 6.04 Å². The Kier molecular flexibility index (Phi) is 20.1. The van der Waals surface area contributed by atoms with Crippen LogP contribution in [0.2, 0.25) is 6.04 Å². The van der Waals surface area contributed by atoms with E-state index in [4.69, 9.17) is 24.7 Å². The second-order valence-corrected chi connectivity index (χ2v) is 18.7. The van der Waals surface area contributed by atoms with E-state index in [-0.39, 0.29) is 0 Å². The summed E-state index contributed by atoms with van der Waals surface area (Å²) in [5.74, 6) is 0. The summed E-state index contributed by atoms with van der Waals surface area (Å²) in [5.41, 5.74) is 0. The van der Waals surface area contributed by atoms with E-state index in [1.807, 2.05) is 0 Å². The Morgan fingerprint density at radius 2 is 0.885 bits per heavy atom. The summed E-state index contributed by atoms with van der Waals surface area (Å²) >= 11 is 0. The fourth-order valence-electron chi connectivity index (χ4n) is 2.93. The largest absolute Gasteiger partial charge is 0.425 e. The van der Waals surface area contributed by atoms with Crippen LogP contribution in [0.4, 0.5) is 0 Å². The van der Waals surface area contributed by atoms with Crippen molar-refractivity contribution in [2.45, 2.75) is 90.0 Å². The Morgan fingerprint density at radius 1 is 0.500 bits per heavy atom. The third-order valence-corrected chi connectivity index (χ3v) is 14.7. The maximum Gasteiger partial charge on any atom is 0.303 e. The van der Waals surface area contributed by atoms with Crippen molar-refractivity contribution in [3.63, 3.8) is 0 Å². The van der Waals surface area contributed by atoms with Crippen LogP contribution in [0.5, 0.6) is 0 Å². The molecule has 0 aromatic carbocycles. The predicted octanol–water partition coefficient (Wildman–Crippen LogP) is 0.0152. The van der Waals surface area contributed by atoms with Gasteiger partial charge in [0.15, 0.2) is 0 Å². The van der Waals surface area contributed by atoms with E-state index in [0.29, 0.717) is 0 Å². The first kappa shape index (κ1) is 25.1. The van der Waals surface area contributed by atoms with Crippen LogP contribution < -0.4 is 0 Å². The molecule has 0 aliphatic carbocycles. The van der Waals surface area contributed by atoms with Gasteiger partial charge in [0, 0.05) is 0 Å². The topological polar surface area (TPSA) is 55.4 Å². The first-order chi connectivity index (χ1) is 12.9. The molecular weight excluding hydrogens is 433 g/mol. The molecule has 0 radical (unpaired) electrons. The molecule has 1 rings (SSSR count). The van der Waals surface area contributed by atoms with Crippen molar-refractivity contribution in [2.75, 3.05) is 0 Å². The van der Waals surface area contributed by atoms with Crippen LogP contribution in [0.3, 0.4) is 0 Å². The van der Waals surface area contributed by atoms with Crippen molar-refractivity contribution in [3.8, 4) is 0 Å². The Labute approximate surface area is 173 Å². The summed E-state index contributed by atoms with van der Waals surface area (Å²) in [6, 6.07) is 1.10. The molecule has 0 aromatic rings. The number of rotatable bonds is 13. The van der Waals surface area contributed by atoms with Gasteiger partial charge in [-0.1, -0.05) is 84.0 Å². The Bertz CT molecular complexity index is 283. The SMILES string of the molecule is CCCCCCCCCCCCCC[SiH]1O[SiH2]O[SiH2]O[SiH2]O[SiH2]O[SiH2]O1. The lowest BCUT2D eigenvalue weighted by molar-refractivity contribution is 0.333. The highest BCUT2D eigenvalue weighted by Gasteiger charge is 2.14. The molecule has 156 valence electrons. The summed E-state index contributed by atoms with van der Waals surface area (Å²) < 4.78 is 34.0. The molecule has 1 heterocycles. The Hall–Kier alpha value is 1.06. The smallest absolute Gasteiger partial charge is 0.303 e. The van der Waals surface area contributed by atoms with Gasteiger partial charge in [-0.15, -0.1) is 0 Å². The van der Waals surface area contributed by atoms with E-state index < -0.39 is 59.3 Å². The van der Waals surface area contributed by atoms with Crippen molar-refractivity contribution >= 4 is 59.3 Å². The normalized spacial score (nSPS) is 25.0. The minimum absolute atomic E-state index is 0.841. The first-order valence-electron chi connectivity index (χ1n) is 10.5. The molecule has 0 atom stereocenters. The van der Waals surface area contributed by atoms with E-state index in [9.17, 15) is 0 Å². The molecule has 0 N–H and O–H groups in total. The molecule has 0 bridgehead atoms. The van der Waals surface area contributed by atoms with Crippen LogP contribution in [0, 0.1) is 0 Å². The molecule has 0 spiro atoms. The predicted molar refractivity (Wildman–Crippen MR) is 122 cm³/mol. The second-order valence-electron chi connectivity index (χ2n) is 6.85. The van der Waals surface area contributed by atoms with Gasteiger partial charge in [-0.3, -0.25) is 0 Å². The van der Waals surface area contributed by atoms with E-state index in [0.717, 1.165) is 6.04 Å². The lowest BCUT2D eigenvalue weighted by Crippen LogP contribution is -2.31. The van der Waals surface area contributed by atoms with Crippen LogP contribution in [-0.2, 0) is 24.7 Å². The zero-order chi connectivity index (χ0) is 18.5. The highest BCUT2D eigenvalue weighted by atomic mass is 28.4. The van der Waals surface area contributed by atoms with Crippen molar-refractivity contribution < 1.29 is 24.7 Å². The van der Waals surface area contributed by atoms with Crippen LogP contribution in [-0.4, -0.2) is 59.3 Å². The summed E-state index contributed by atoms with van der Waals surface area (Å²) in [6.45, 7) is 2.28. The molecule has 0 aromatic heterocycles. The fraction of sp³-hybridized carbons (Fsp3) is 1.00. The average molecular weight is 473 g/mol. The molecular formula is C14H40O6Si6. The highest BCUT2D eigenvalue weighted by molar-refractivity contribution is 6.59. The first-order valence-corrected chi connectivity index (χ1v) is 18.0. The van der Waals surface area contributed by atoms with Crippen molar-refractivity contribution in [3.05, 3.63) is 0 Å². The van der Waals surface area contributed by atoms with Crippen LogP contribution in [0.1, 0.15) is 84.0 Å². The third kappa shape index (κ3) is 17.2. The molecule has 1 aliphatic heterocycles. The molecule has 0 saturated carbocycles. The molecule has 1 aliphatic rings. The summed E-state index contributed by atoms with van der Waals surface area (Å²) in [7, 11) is -5.92. The van der Waals surface area contributed by atoms with Gasteiger partial charge in [0.1, 0.15) is 0 Å². The zero-order valence-corrected chi connectivity index (χ0v) is 25.0. The van der Waals surface area contributed by atoms with Gasteiger partial charge in [0.05, 0.1) is 0 Å². The maximum atomic E-state index is 5.95. The molecule has 0 unspecified atom stereocenters. The lowest BCUT2D eigenvalue weighted by Gasteiger charge is -2.18. The van der Waals surface area contributed by atoms with Crippen LogP contribution in [0.15, 0.2) is 0 Å². The van der Waals surface area contributed by atoms with E-state index in [1.54, 1.807) is 0 Å². The van der Waals surface area contributed by atoms with Gasteiger partial charge < -0.3 is 24.7 Å². The minimum atomic E-state index is -1.55. The summed E-state index contributed by atoms with van der Waals surface area (Å²) in [6.07, 6.45) is 16.6. The Balaban J connectivity index is 1.91. The van der Waals surface area contributed by atoms with Gasteiger partial charge in [0.25, 0.3) is 50.0 Å². The minimum Gasteiger partial charge on any atom is -0.425 e. The van der Waals surface area contributed by atoms with Gasteiger partial charge >= 0.3 is 9.28 Å². The lowest BCUT2D eigenvalue weighted by atomic mass is 10.1. The third-order valence-electron chi connectivity index (χ3n) is 4.47. The van der Waals surface area contributed by atoms with E-state index in [1.165, 1.54) is 77.0 Å². The summed E-state index contributed by atoms with van der Waals surface area (Å²) in [4.78, 5) is 0. The van der Waals surface area contributed by atoms with Crippen molar-refractivity contribution in [1.29, 1.82) is 0 Å². The quantitative estimate of drug-likeness (QED) is 0.278. The molecule has 0 amide bonds. The average Bonchev–Trinajstić information content (AvgIpc) is 2.64. The van der Waals surface area contributed by atoms with Crippen LogP contribution in [0.25, 0.3) is 0 Å². The van der Waals surface area contributed by atoms with E-state index in [2.05, 4.69) is 6.92 Å². The van der Waals surface area contributed by atoms with Crippen molar-refractivity contribution in [1.82, 2.24) is 0 Å². The molecule has 12 heteroatoms. The fourth-order valence-corrected chi connectivity index (χ4v) is 15.5. The van der Waals surface area contributed by atoms with Gasteiger partial charge in [0.2, 0.25) is 0 Å². The van der Waals surface area contributed by atoms with Crippen molar-refractivity contribution in [2.24, 2.45) is 0 Å². The number of hydrogen-bond acceptors (Lipinski definition) is 6. The van der Waals surface area contributed by atoms with Gasteiger partial charge in [-0.2, -0.15) is 0 Å². The monoisotopic (exact) mass is 472 g/mol. The molecule has 6 nitrogen and oxygen atoms in total. The highest BCUT2D eigenvalue weighted by Crippen LogP contribution is 2.13. The maximum absolute atomic E-state index is 5.95. The molecule has 1 fully saturated rings. The van der Waals surface area contributed by atoms with Gasteiger partial charge in [-0.25, -0.2) is 0 Å². The number of hydrogen-bond donors (Lipinski definition) is 0. The summed E-state index contributed by atoms with van der Waals surface area (Å²) in [5, 5.41) is 0. The van der Waals surface area contributed by atoms with E-state index >= 15 is 0 Å². The second kappa shape index (κ2) is 20.8. The molecule has 1 saturated heterocycles. The zero-order valence-electron chi connectivity index (χ0n) is 16.8. The number of unbranched alkanes of at least 4 members (excludes halogenated alkanes) is 11. The standard InChI is InChI=1S/C14H40O6Si6/c1-2-3-4-5-6-7-8-9-10-11-12-13-14-26-19-24-17-22-15-21-16-23-18-25-20-26/h26H,2-14,21-25H2,1H3.